The van der Waals surface area contributed by atoms with Crippen molar-refractivity contribution in [1.29, 1.82) is 0 Å². The molecule has 0 atom stereocenters. The third-order valence-electron chi connectivity index (χ3n) is 10.8. The predicted octanol–water partition coefficient (Wildman–Crippen LogP) is 13.6. The molecule has 0 aromatic heterocycles. The van der Waals surface area contributed by atoms with Gasteiger partial charge in [-0.05, 0) is 41.5 Å². The van der Waals surface area contributed by atoms with Gasteiger partial charge in [0, 0.05) is 0 Å². The molecule has 0 fully saturated rings. The van der Waals surface area contributed by atoms with Crippen LogP contribution in [0.1, 0.15) is 100 Å². The van der Waals surface area contributed by atoms with Crippen molar-refractivity contribution in [2.75, 3.05) is 0 Å². The van der Waals surface area contributed by atoms with Gasteiger partial charge in [0.2, 0.25) is 0 Å². The van der Waals surface area contributed by atoms with Crippen molar-refractivity contribution in [2.24, 2.45) is 0 Å². The number of aryl methyl sites for hydroxylation is 6. The van der Waals surface area contributed by atoms with Crippen LogP contribution in [0, 0.1) is 102 Å². The van der Waals surface area contributed by atoms with Crippen LogP contribution in [-0.2, 0) is 17.4 Å². The normalized spacial score (nSPS) is 10.2. The number of rotatable bonds is 6. The fourth-order valence-electron chi connectivity index (χ4n) is 6.08. The second-order valence-electron chi connectivity index (χ2n) is 14.2. The van der Waals surface area contributed by atoms with E-state index < -0.39 is 0 Å². The molecule has 0 nitrogen and oxygen atoms in total. The summed E-state index contributed by atoms with van der Waals surface area (Å²) in [5, 5.41) is 0. The Morgan fingerprint density at radius 2 is 0.365 bits per heavy atom. The molecule has 0 unspecified atom stereocenters. The van der Waals surface area contributed by atoms with Gasteiger partial charge in [-0.1, -0.05) is 148 Å². The molecule has 0 bridgehead atoms. The van der Waals surface area contributed by atoms with Gasteiger partial charge in [0.15, 0.2) is 0 Å². The first kappa shape index (κ1) is 41.9. The number of benzene rings is 6. The molecular weight excluding hydrogens is 665 g/mol. The molecule has 267 valence electrons. The third-order valence-corrected chi connectivity index (χ3v) is 10.8. The van der Waals surface area contributed by atoms with Crippen LogP contribution < -0.4 is 0 Å². The van der Waals surface area contributed by atoms with Crippen LogP contribution in [0.5, 0.6) is 0 Å². The summed E-state index contributed by atoms with van der Waals surface area (Å²) in [6, 6.07) is 38.8. The van der Waals surface area contributed by atoms with E-state index in [1.54, 1.807) is 0 Å². The van der Waals surface area contributed by atoms with E-state index in [0.29, 0.717) is 0 Å². The Labute approximate surface area is 327 Å². The molecule has 0 saturated carbocycles. The first-order chi connectivity index (χ1) is 24.3. The Hall–Kier alpha value is -4.54. The van der Waals surface area contributed by atoms with Crippen molar-refractivity contribution in [1.82, 2.24) is 0 Å². The van der Waals surface area contributed by atoms with E-state index in [1.807, 2.05) is 0 Å². The van der Waals surface area contributed by atoms with Crippen LogP contribution in [0.3, 0.4) is 0 Å². The molecule has 0 aliphatic rings. The van der Waals surface area contributed by atoms with Crippen LogP contribution in [0.15, 0.2) is 109 Å². The van der Waals surface area contributed by atoms with Crippen LogP contribution in [-0.4, -0.2) is 0 Å². The van der Waals surface area contributed by atoms with Gasteiger partial charge in [-0.15, -0.1) is 122 Å². The van der Waals surface area contributed by atoms with E-state index >= 15 is 0 Å². The summed E-state index contributed by atoms with van der Waals surface area (Å²) in [7, 11) is 0. The minimum Gasteiger partial charge on any atom is -0.126 e. The molecule has 0 amide bonds. The van der Waals surface area contributed by atoms with Gasteiger partial charge in [-0.25, -0.2) is 0 Å². The summed E-state index contributed by atoms with van der Waals surface area (Å²) in [5.74, 6) is 0. The van der Waals surface area contributed by atoms with Crippen molar-refractivity contribution in [3.8, 4) is 0 Å². The van der Waals surface area contributed by atoms with E-state index in [1.165, 1.54) is 100 Å². The van der Waals surface area contributed by atoms with E-state index in [9.17, 15) is 0 Å². The summed E-state index contributed by atoms with van der Waals surface area (Å²) in [4.78, 5) is 0. The molecule has 1 radical (unpaired) electrons. The van der Waals surface area contributed by atoms with Gasteiger partial charge in [0.1, 0.15) is 0 Å². The Morgan fingerprint density at radius 1 is 0.231 bits per heavy atom. The van der Waals surface area contributed by atoms with Crippen molar-refractivity contribution in [3.05, 3.63) is 229 Å². The van der Waals surface area contributed by atoms with E-state index in [0.717, 1.165) is 0 Å². The number of hydrogen-bond acceptors (Lipinski definition) is 0. The summed E-state index contributed by atoms with van der Waals surface area (Å²) < 4.78 is 0. The minimum atomic E-state index is 0. The summed E-state index contributed by atoms with van der Waals surface area (Å²) in [5.41, 5.74) is 24.2. The SMILES string of the molecule is Cc1cccc([CH-]c2cccc(C)c2C)c1C.Cc1cccc([CH-]c2cccc(C)c2C)c1C.Cc1cccc([CH-]c2cccc(C)c2C)c1C.[Cr+3]. The van der Waals surface area contributed by atoms with Gasteiger partial charge in [0.25, 0.3) is 0 Å². The van der Waals surface area contributed by atoms with E-state index in [2.05, 4.69) is 212 Å². The minimum absolute atomic E-state index is 0. The fourth-order valence-corrected chi connectivity index (χ4v) is 6.08. The van der Waals surface area contributed by atoms with E-state index in [-0.39, 0.29) is 17.4 Å². The Morgan fingerprint density at radius 3 is 0.500 bits per heavy atom. The molecule has 52 heavy (non-hydrogen) atoms. The maximum absolute atomic E-state index is 2.28. The molecule has 0 aliphatic heterocycles. The predicted molar refractivity (Wildman–Crippen MR) is 223 cm³/mol. The maximum atomic E-state index is 2.28. The summed E-state index contributed by atoms with van der Waals surface area (Å²) >= 11 is 0. The molecule has 0 spiro atoms. The number of hydrogen-bond donors (Lipinski definition) is 0. The average Bonchev–Trinajstić information content (AvgIpc) is 3.10. The van der Waals surface area contributed by atoms with Gasteiger partial charge in [-0.3, -0.25) is 0 Å². The quantitative estimate of drug-likeness (QED) is 0.150. The Bertz CT molecular complexity index is 1710. The summed E-state index contributed by atoms with van der Waals surface area (Å²) in [6.45, 7) is 26.1. The second kappa shape index (κ2) is 19.3. The molecule has 6 rings (SSSR count). The average molecular weight is 722 g/mol. The van der Waals surface area contributed by atoms with Crippen LogP contribution in [0.2, 0.25) is 0 Å². The maximum Gasteiger partial charge on any atom is 3.00 e. The molecule has 0 saturated heterocycles. The Kier molecular flexibility index (Phi) is 15.6. The van der Waals surface area contributed by atoms with Crippen molar-refractivity contribution >= 4 is 0 Å². The zero-order chi connectivity index (χ0) is 37.2. The first-order valence-electron chi connectivity index (χ1n) is 18.2. The first-order valence-corrected chi connectivity index (χ1v) is 18.2. The van der Waals surface area contributed by atoms with Crippen molar-refractivity contribution in [3.63, 3.8) is 0 Å². The molecular formula is C51H57Cr. The molecule has 1 heteroatoms. The third kappa shape index (κ3) is 10.7. The molecule has 0 aliphatic carbocycles. The van der Waals surface area contributed by atoms with Crippen molar-refractivity contribution < 1.29 is 17.4 Å². The van der Waals surface area contributed by atoms with Crippen LogP contribution >= 0.6 is 0 Å². The molecule has 6 aromatic rings. The Balaban J connectivity index is 0.000000208. The molecule has 0 N–H and O–H groups in total. The standard InChI is InChI=1S/3C17H19.Cr/c3*1-12-7-5-9-16(14(12)3)11-17-10-6-8-13(2)15(17)4;/h3*5-11H,1-4H3;/q3*-1;+3. The molecule has 6 aromatic carbocycles. The smallest absolute Gasteiger partial charge is 0.126 e. The summed E-state index contributed by atoms with van der Waals surface area (Å²) in [6.07, 6.45) is 6.85. The van der Waals surface area contributed by atoms with Crippen LogP contribution in [0.4, 0.5) is 0 Å². The largest absolute Gasteiger partial charge is 3.00 e. The molecule has 0 heterocycles. The van der Waals surface area contributed by atoms with Gasteiger partial charge >= 0.3 is 17.4 Å². The van der Waals surface area contributed by atoms with Crippen LogP contribution in [0.25, 0.3) is 0 Å². The van der Waals surface area contributed by atoms with Gasteiger partial charge < -0.3 is 0 Å². The van der Waals surface area contributed by atoms with Gasteiger partial charge in [-0.2, -0.15) is 0 Å². The topological polar surface area (TPSA) is 0 Å². The monoisotopic (exact) mass is 721 g/mol. The fraction of sp³-hybridized carbons (Fsp3) is 0.235. The van der Waals surface area contributed by atoms with Crippen molar-refractivity contribution in [2.45, 2.75) is 83.1 Å². The van der Waals surface area contributed by atoms with E-state index in [4.69, 9.17) is 0 Å². The zero-order valence-electron chi connectivity index (χ0n) is 33.5. The van der Waals surface area contributed by atoms with Gasteiger partial charge in [0.05, 0.1) is 0 Å². The second-order valence-corrected chi connectivity index (χ2v) is 14.2. The zero-order valence-corrected chi connectivity index (χ0v) is 34.8.